The number of benzene rings is 2. The maximum Gasteiger partial charge on any atom is 0.108 e. The molecule has 126 valence electrons. The van der Waals surface area contributed by atoms with Gasteiger partial charge in [0, 0.05) is 19.6 Å². The Morgan fingerprint density at radius 2 is 1.26 bits per heavy atom. The Balaban J connectivity index is 0.000000593. The van der Waals surface area contributed by atoms with Crippen molar-refractivity contribution in [3.05, 3.63) is 71.8 Å². The van der Waals surface area contributed by atoms with E-state index in [9.17, 15) is 0 Å². The van der Waals surface area contributed by atoms with E-state index in [4.69, 9.17) is 16.2 Å². The van der Waals surface area contributed by atoms with Crippen molar-refractivity contribution < 1.29 is 4.74 Å². The minimum Gasteiger partial charge on any atom is -0.367 e. The van der Waals surface area contributed by atoms with Crippen molar-refractivity contribution >= 4 is 0 Å². The third-order valence-corrected chi connectivity index (χ3v) is 3.19. The van der Waals surface area contributed by atoms with Crippen molar-refractivity contribution in [2.45, 2.75) is 6.10 Å². The molecule has 0 atom stereocenters. The second-order valence-corrected chi connectivity index (χ2v) is 5.45. The van der Waals surface area contributed by atoms with E-state index in [0.717, 1.165) is 13.2 Å². The van der Waals surface area contributed by atoms with Gasteiger partial charge in [-0.05, 0) is 25.2 Å². The van der Waals surface area contributed by atoms with Crippen LogP contribution >= 0.6 is 0 Å². The number of hydrogen-bond acceptors (Lipinski definition) is 4. The SMILES string of the molecule is CN(C)CCOC(c1ccccc1)c1ccccc1.NCCN. The van der Waals surface area contributed by atoms with E-state index >= 15 is 0 Å². The molecular formula is C19H29N3O. The van der Waals surface area contributed by atoms with Crippen molar-refractivity contribution in [3.8, 4) is 0 Å². The first kappa shape index (κ1) is 19.3. The predicted octanol–water partition coefficient (Wildman–Crippen LogP) is 2.26. The molecule has 2 aromatic carbocycles. The summed E-state index contributed by atoms with van der Waals surface area (Å²) in [5, 5.41) is 0. The summed E-state index contributed by atoms with van der Waals surface area (Å²) >= 11 is 0. The van der Waals surface area contributed by atoms with Crippen LogP contribution in [0.5, 0.6) is 0 Å². The highest BCUT2D eigenvalue weighted by atomic mass is 16.5. The summed E-state index contributed by atoms with van der Waals surface area (Å²) in [5.41, 5.74) is 12.2. The molecule has 0 radical (unpaired) electrons. The zero-order valence-corrected chi connectivity index (χ0v) is 14.2. The Morgan fingerprint density at radius 1 is 0.826 bits per heavy atom. The molecule has 0 aromatic heterocycles. The van der Waals surface area contributed by atoms with E-state index in [1.165, 1.54) is 11.1 Å². The monoisotopic (exact) mass is 315 g/mol. The summed E-state index contributed by atoms with van der Waals surface area (Å²) < 4.78 is 6.08. The number of hydrogen-bond donors (Lipinski definition) is 2. The maximum atomic E-state index is 6.08. The molecule has 0 spiro atoms. The van der Waals surface area contributed by atoms with Gasteiger partial charge in [-0.1, -0.05) is 60.7 Å². The van der Waals surface area contributed by atoms with Crippen LogP contribution in [-0.4, -0.2) is 45.2 Å². The van der Waals surface area contributed by atoms with Crippen LogP contribution in [0.2, 0.25) is 0 Å². The van der Waals surface area contributed by atoms with Gasteiger partial charge in [0.05, 0.1) is 6.61 Å². The summed E-state index contributed by atoms with van der Waals surface area (Å²) in [6, 6.07) is 20.8. The second kappa shape index (κ2) is 11.8. The van der Waals surface area contributed by atoms with E-state index in [-0.39, 0.29) is 6.10 Å². The highest BCUT2D eigenvalue weighted by Gasteiger charge is 2.13. The normalized spacial score (nSPS) is 10.5. The van der Waals surface area contributed by atoms with Crippen molar-refractivity contribution in [2.75, 3.05) is 40.3 Å². The lowest BCUT2D eigenvalue weighted by Gasteiger charge is -2.20. The van der Waals surface area contributed by atoms with Gasteiger partial charge in [-0.3, -0.25) is 0 Å². The molecule has 0 bridgehead atoms. The van der Waals surface area contributed by atoms with Crippen molar-refractivity contribution in [2.24, 2.45) is 11.5 Å². The van der Waals surface area contributed by atoms with E-state index in [2.05, 4.69) is 67.5 Å². The fraction of sp³-hybridized carbons (Fsp3) is 0.368. The number of nitrogens with zero attached hydrogens (tertiary/aromatic N) is 1. The Bertz CT molecular complexity index is 461. The molecule has 0 fully saturated rings. The molecule has 4 nitrogen and oxygen atoms in total. The summed E-state index contributed by atoms with van der Waals surface area (Å²) in [6.45, 7) is 2.84. The molecule has 0 aliphatic heterocycles. The number of nitrogens with two attached hydrogens (primary N) is 2. The van der Waals surface area contributed by atoms with Crippen molar-refractivity contribution in [3.63, 3.8) is 0 Å². The van der Waals surface area contributed by atoms with Gasteiger partial charge in [0.25, 0.3) is 0 Å². The summed E-state index contributed by atoms with van der Waals surface area (Å²) in [6.07, 6.45) is 0.0161. The average Bonchev–Trinajstić information content (AvgIpc) is 2.60. The van der Waals surface area contributed by atoms with Crippen LogP contribution in [-0.2, 0) is 4.74 Å². The molecule has 2 rings (SSSR count). The van der Waals surface area contributed by atoms with E-state index in [0.29, 0.717) is 13.1 Å². The van der Waals surface area contributed by atoms with Crippen molar-refractivity contribution in [1.82, 2.24) is 4.90 Å². The van der Waals surface area contributed by atoms with Crippen LogP contribution in [0.25, 0.3) is 0 Å². The average molecular weight is 315 g/mol. The van der Waals surface area contributed by atoms with Gasteiger partial charge in [0.15, 0.2) is 0 Å². The lowest BCUT2D eigenvalue weighted by molar-refractivity contribution is 0.0687. The van der Waals surface area contributed by atoms with Crippen LogP contribution in [0.3, 0.4) is 0 Å². The summed E-state index contributed by atoms with van der Waals surface area (Å²) in [7, 11) is 4.12. The van der Waals surface area contributed by atoms with Gasteiger partial charge in [0.1, 0.15) is 6.10 Å². The molecule has 4 heteroatoms. The highest BCUT2D eigenvalue weighted by Crippen LogP contribution is 2.25. The van der Waals surface area contributed by atoms with Gasteiger partial charge in [-0.2, -0.15) is 0 Å². The molecule has 0 aliphatic carbocycles. The first-order valence-corrected chi connectivity index (χ1v) is 7.95. The fourth-order valence-corrected chi connectivity index (χ4v) is 1.99. The number of rotatable bonds is 7. The minimum absolute atomic E-state index is 0.0161. The fourth-order valence-electron chi connectivity index (χ4n) is 1.99. The zero-order valence-electron chi connectivity index (χ0n) is 14.2. The second-order valence-electron chi connectivity index (χ2n) is 5.45. The van der Waals surface area contributed by atoms with Gasteiger partial charge in [0.2, 0.25) is 0 Å². The third-order valence-electron chi connectivity index (χ3n) is 3.19. The Kier molecular flexibility index (Phi) is 9.91. The largest absolute Gasteiger partial charge is 0.367 e. The molecule has 0 saturated heterocycles. The van der Waals surface area contributed by atoms with Gasteiger partial charge >= 0.3 is 0 Å². The molecule has 0 heterocycles. The zero-order chi connectivity index (χ0) is 16.9. The molecule has 0 saturated carbocycles. The van der Waals surface area contributed by atoms with Gasteiger partial charge < -0.3 is 21.1 Å². The van der Waals surface area contributed by atoms with E-state index in [1.54, 1.807) is 0 Å². The number of ether oxygens (including phenoxy) is 1. The lowest BCUT2D eigenvalue weighted by atomic mass is 10.0. The highest BCUT2D eigenvalue weighted by molar-refractivity contribution is 5.29. The first-order valence-electron chi connectivity index (χ1n) is 7.95. The van der Waals surface area contributed by atoms with Crippen LogP contribution in [0.15, 0.2) is 60.7 Å². The molecule has 23 heavy (non-hydrogen) atoms. The standard InChI is InChI=1S/C17H21NO.C2H8N2/c1-18(2)13-14-19-17(15-9-5-3-6-10-15)16-11-7-4-8-12-16;3-1-2-4/h3-12,17H,13-14H2,1-2H3;1-4H2. The Morgan fingerprint density at radius 3 is 1.61 bits per heavy atom. The van der Waals surface area contributed by atoms with Gasteiger partial charge in [-0.25, -0.2) is 0 Å². The topological polar surface area (TPSA) is 64.5 Å². The van der Waals surface area contributed by atoms with Crippen LogP contribution in [0.1, 0.15) is 17.2 Å². The Labute approximate surface area is 140 Å². The van der Waals surface area contributed by atoms with Gasteiger partial charge in [-0.15, -0.1) is 0 Å². The van der Waals surface area contributed by atoms with E-state index in [1.807, 2.05) is 12.1 Å². The lowest BCUT2D eigenvalue weighted by Crippen LogP contribution is -2.20. The first-order chi connectivity index (χ1) is 11.2. The molecule has 0 unspecified atom stereocenters. The molecule has 0 aliphatic rings. The quantitative estimate of drug-likeness (QED) is 0.822. The van der Waals surface area contributed by atoms with Crippen LogP contribution < -0.4 is 11.5 Å². The van der Waals surface area contributed by atoms with Crippen LogP contribution in [0, 0.1) is 0 Å². The molecule has 0 amide bonds. The molecule has 2 aromatic rings. The summed E-state index contributed by atoms with van der Waals surface area (Å²) in [5.74, 6) is 0. The minimum atomic E-state index is 0.0161. The summed E-state index contributed by atoms with van der Waals surface area (Å²) in [4.78, 5) is 2.13. The molecular weight excluding hydrogens is 286 g/mol. The smallest absolute Gasteiger partial charge is 0.108 e. The van der Waals surface area contributed by atoms with Crippen LogP contribution in [0.4, 0.5) is 0 Å². The third kappa shape index (κ3) is 7.90. The van der Waals surface area contributed by atoms with E-state index < -0.39 is 0 Å². The molecule has 4 N–H and O–H groups in total. The predicted molar refractivity (Wildman–Crippen MR) is 97.3 cm³/mol. The van der Waals surface area contributed by atoms with Crippen molar-refractivity contribution in [1.29, 1.82) is 0 Å². The maximum absolute atomic E-state index is 6.08. The number of likely N-dealkylation sites (N-methyl/N-ethyl adjacent to an activating group) is 1. The Hall–Kier alpha value is -1.72.